The average molecular weight is 1000 g/mol. The minimum Gasteiger partial charge on any atom is -0.466 e. The second kappa shape index (κ2) is 61.4. The van der Waals surface area contributed by atoms with Gasteiger partial charge in [0.2, 0.25) is 5.91 Å². The van der Waals surface area contributed by atoms with Crippen LogP contribution in [0.25, 0.3) is 0 Å². The van der Waals surface area contributed by atoms with Crippen molar-refractivity contribution in [2.24, 2.45) is 0 Å². The predicted molar refractivity (Wildman–Crippen MR) is 310 cm³/mol. The lowest BCUT2D eigenvalue weighted by molar-refractivity contribution is -0.143. The molecule has 6 heteroatoms. The molecule has 71 heavy (non-hydrogen) atoms. The van der Waals surface area contributed by atoms with Crippen molar-refractivity contribution in [3.05, 3.63) is 0 Å². The van der Waals surface area contributed by atoms with Gasteiger partial charge in [-0.25, -0.2) is 0 Å². The van der Waals surface area contributed by atoms with E-state index in [4.69, 9.17) is 4.74 Å². The highest BCUT2D eigenvalue weighted by atomic mass is 16.5. The van der Waals surface area contributed by atoms with Crippen LogP contribution >= 0.6 is 0 Å². The van der Waals surface area contributed by atoms with Crippen LogP contribution in [0.2, 0.25) is 0 Å². The van der Waals surface area contributed by atoms with Crippen LogP contribution in [-0.4, -0.2) is 47.4 Å². The van der Waals surface area contributed by atoms with E-state index in [1.54, 1.807) is 0 Å². The van der Waals surface area contributed by atoms with Gasteiger partial charge in [0, 0.05) is 12.8 Å². The van der Waals surface area contributed by atoms with Crippen molar-refractivity contribution in [3.63, 3.8) is 0 Å². The van der Waals surface area contributed by atoms with E-state index in [1.807, 2.05) is 0 Å². The number of carbonyl (C=O) groups is 2. The van der Waals surface area contributed by atoms with Gasteiger partial charge in [0.25, 0.3) is 0 Å². The van der Waals surface area contributed by atoms with Crippen LogP contribution in [0.4, 0.5) is 0 Å². The van der Waals surface area contributed by atoms with Crippen molar-refractivity contribution in [1.29, 1.82) is 0 Å². The molecule has 0 fully saturated rings. The summed E-state index contributed by atoms with van der Waals surface area (Å²) in [6.07, 6.45) is 72.6. The second-order valence-corrected chi connectivity index (χ2v) is 22.8. The Hall–Kier alpha value is -1.14. The minimum absolute atomic E-state index is 0.0121. The highest BCUT2D eigenvalue weighted by Crippen LogP contribution is 2.19. The lowest BCUT2D eigenvalue weighted by Gasteiger charge is -2.22. The van der Waals surface area contributed by atoms with Gasteiger partial charge in [-0.1, -0.05) is 341 Å². The van der Waals surface area contributed by atoms with Crippen molar-refractivity contribution >= 4 is 11.9 Å². The van der Waals surface area contributed by atoms with Gasteiger partial charge in [-0.2, -0.15) is 0 Å². The molecule has 0 aliphatic heterocycles. The van der Waals surface area contributed by atoms with E-state index in [2.05, 4.69) is 19.2 Å². The molecule has 3 N–H and O–H groups in total. The number of unbranched alkanes of at least 4 members (excludes halogenated alkanes) is 51. The standard InChI is InChI=1S/C65H129NO5/c1-3-5-7-9-11-13-15-17-18-19-20-21-22-24-27-30-34-37-41-45-49-53-57-63(68)62(61-67)66-64(69)58-54-50-46-42-38-35-31-28-25-23-26-29-32-36-40-44-48-52-56-60-71-65(70)59-55-51-47-43-39-33-16-14-12-10-8-6-4-2/h62-63,67-68H,3-61H2,1-2H3,(H,66,69). The van der Waals surface area contributed by atoms with Crippen LogP contribution < -0.4 is 5.32 Å². The van der Waals surface area contributed by atoms with Gasteiger partial charge in [-0.05, 0) is 25.7 Å². The molecule has 0 aliphatic carbocycles. The molecular weight excluding hydrogens is 875 g/mol. The number of nitrogens with one attached hydrogen (secondary N) is 1. The summed E-state index contributed by atoms with van der Waals surface area (Å²) >= 11 is 0. The van der Waals surface area contributed by atoms with E-state index in [0.29, 0.717) is 25.9 Å². The van der Waals surface area contributed by atoms with E-state index in [0.717, 1.165) is 38.5 Å². The van der Waals surface area contributed by atoms with E-state index < -0.39 is 12.1 Å². The Morgan fingerprint density at radius 1 is 0.338 bits per heavy atom. The zero-order valence-corrected chi connectivity index (χ0v) is 48.5. The maximum atomic E-state index is 12.5. The van der Waals surface area contributed by atoms with E-state index in [9.17, 15) is 19.8 Å². The fourth-order valence-electron chi connectivity index (χ4n) is 10.6. The molecule has 1 amide bonds. The normalized spacial score (nSPS) is 12.5. The van der Waals surface area contributed by atoms with Gasteiger partial charge in [0.1, 0.15) is 0 Å². The third kappa shape index (κ3) is 58.0. The molecule has 0 heterocycles. The molecule has 0 bridgehead atoms. The Labute approximate surface area is 445 Å². The number of amides is 1. The van der Waals surface area contributed by atoms with Crippen LogP contribution in [-0.2, 0) is 14.3 Å². The van der Waals surface area contributed by atoms with E-state index >= 15 is 0 Å². The van der Waals surface area contributed by atoms with Crippen molar-refractivity contribution in [2.75, 3.05) is 13.2 Å². The highest BCUT2D eigenvalue weighted by molar-refractivity contribution is 5.76. The first-order chi connectivity index (χ1) is 35.0. The molecule has 6 nitrogen and oxygen atoms in total. The average Bonchev–Trinajstić information content (AvgIpc) is 3.37. The minimum atomic E-state index is -0.666. The van der Waals surface area contributed by atoms with Gasteiger partial charge in [0.05, 0.1) is 25.4 Å². The summed E-state index contributed by atoms with van der Waals surface area (Å²) in [6.45, 7) is 4.99. The van der Waals surface area contributed by atoms with E-state index in [1.165, 1.54) is 308 Å². The Balaban J connectivity index is 3.39. The number of hydrogen-bond acceptors (Lipinski definition) is 5. The summed E-state index contributed by atoms with van der Waals surface area (Å²) in [5, 5.41) is 23.4. The van der Waals surface area contributed by atoms with Crippen molar-refractivity contribution in [3.8, 4) is 0 Å². The third-order valence-electron chi connectivity index (χ3n) is 15.7. The van der Waals surface area contributed by atoms with Gasteiger partial charge >= 0.3 is 5.97 Å². The number of rotatable bonds is 62. The van der Waals surface area contributed by atoms with Crippen LogP contribution in [0.5, 0.6) is 0 Å². The van der Waals surface area contributed by atoms with E-state index in [-0.39, 0.29) is 18.5 Å². The van der Waals surface area contributed by atoms with Crippen molar-refractivity contribution in [2.45, 2.75) is 392 Å². The quantitative estimate of drug-likeness (QED) is 0.0417. The Kier molecular flexibility index (Phi) is 60.4. The molecule has 0 spiro atoms. The SMILES string of the molecule is CCCCCCCCCCCCCCCCCCCCCCCCC(O)C(CO)NC(=O)CCCCCCCCCCCCCCCCCCCCCOC(=O)CCCCCCCCCCCCCCC. The van der Waals surface area contributed by atoms with Crippen LogP contribution in [0.15, 0.2) is 0 Å². The van der Waals surface area contributed by atoms with Gasteiger partial charge < -0.3 is 20.3 Å². The molecule has 424 valence electrons. The summed E-state index contributed by atoms with van der Waals surface area (Å²) in [4.78, 5) is 24.6. The Morgan fingerprint density at radius 3 is 0.859 bits per heavy atom. The van der Waals surface area contributed by atoms with Gasteiger partial charge in [-0.3, -0.25) is 9.59 Å². The van der Waals surface area contributed by atoms with Crippen molar-refractivity contribution in [1.82, 2.24) is 5.32 Å². The van der Waals surface area contributed by atoms with Crippen LogP contribution in [0.1, 0.15) is 380 Å². The van der Waals surface area contributed by atoms with Crippen LogP contribution in [0, 0.1) is 0 Å². The highest BCUT2D eigenvalue weighted by Gasteiger charge is 2.20. The maximum Gasteiger partial charge on any atom is 0.305 e. The maximum absolute atomic E-state index is 12.5. The number of aliphatic hydroxyl groups is 2. The van der Waals surface area contributed by atoms with Gasteiger partial charge in [-0.15, -0.1) is 0 Å². The summed E-state index contributed by atoms with van der Waals surface area (Å²) in [5.74, 6) is -0.0206. The fraction of sp³-hybridized carbons (Fsp3) is 0.969. The number of esters is 1. The van der Waals surface area contributed by atoms with Crippen LogP contribution in [0.3, 0.4) is 0 Å². The number of hydrogen-bond donors (Lipinski definition) is 3. The first kappa shape index (κ1) is 69.9. The first-order valence-electron chi connectivity index (χ1n) is 32.8. The molecule has 0 saturated carbocycles. The predicted octanol–water partition coefficient (Wildman–Crippen LogP) is 20.6. The molecule has 2 unspecified atom stereocenters. The largest absolute Gasteiger partial charge is 0.466 e. The summed E-state index contributed by atoms with van der Waals surface area (Å²) in [6, 6.07) is -0.543. The fourth-order valence-corrected chi connectivity index (χ4v) is 10.6. The smallest absolute Gasteiger partial charge is 0.305 e. The lowest BCUT2D eigenvalue weighted by atomic mass is 10.0. The Bertz CT molecular complexity index is 1020. The first-order valence-corrected chi connectivity index (χ1v) is 32.8. The third-order valence-corrected chi connectivity index (χ3v) is 15.7. The molecule has 0 aromatic heterocycles. The zero-order valence-electron chi connectivity index (χ0n) is 48.5. The number of ether oxygens (including phenoxy) is 1. The van der Waals surface area contributed by atoms with Gasteiger partial charge in [0.15, 0.2) is 0 Å². The summed E-state index contributed by atoms with van der Waals surface area (Å²) in [7, 11) is 0. The molecule has 0 aromatic carbocycles. The molecule has 0 rings (SSSR count). The summed E-state index contributed by atoms with van der Waals surface area (Å²) in [5.41, 5.74) is 0. The summed E-state index contributed by atoms with van der Waals surface area (Å²) < 4.78 is 5.48. The van der Waals surface area contributed by atoms with Crippen molar-refractivity contribution < 1.29 is 24.5 Å². The number of carbonyl (C=O) groups excluding carboxylic acids is 2. The molecule has 0 saturated heterocycles. The molecule has 0 aromatic rings. The molecule has 2 atom stereocenters. The monoisotopic (exact) mass is 1000 g/mol. The lowest BCUT2D eigenvalue weighted by Crippen LogP contribution is -2.45. The Morgan fingerprint density at radius 2 is 0.577 bits per heavy atom. The molecular formula is C65H129NO5. The molecule has 0 aliphatic rings. The molecule has 0 radical (unpaired) electrons. The second-order valence-electron chi connectivity index (χ2n) is 22.8. The topological polar surface area (TPSA) is 95.9 Å². The number of aliphatic hydroxyl groups excluding tert-OH is 2. The zero-order chi connectivity index (χ0) is 51.4.